The van der Waals surface area contributed by atoms with Gasteiger partial charge in [-0.25, -0.2) is 4.98 Å². The number of thioether (sulfide) groups is 1. The number of aromatic nitrogens is 1. The summed E-state index contributed by atoms with van der Waals surface area (Å²) in [5.74, 6) is -0.757. The number of hydrogen-bond donors (Lipinski definition) is 3. The van der Waals surface area contributed by atoms with E-state index in [-0.39, 0.29) is 17.6 Å². The second-order valence-electron chi connectivity index (χ2n) is 7.46. The normalized spacial score (nSPS) is 15.5. The predicted octanol–water partition coefficient (Wildman–Crippen LogP) is 4.75. The van der Waals surface area contributed by atoms with Crippen LogP contribution < -0.4 is 16.0 Å². The van der Waals surface area contributed by atoms with Gasteiger partial charge in [0.1, 0.15) is 5.76 Å². The lowest BCUT2D eigenvalue weighted by molar-refractivity contribution is -0.114. The molecule has 3 aromatic rings. The lowest BCUT2D eigenvalue weighted by atomic mass is 9.85. The molecule has 1 aromatic carbocycles. The van der Waals surface area contributed by atoms with Crippen molar-refractivity contribution in [1.29, 1.82) is 5.26 Å². The highest BCUT2D eigenvalue weighted by Crippen LogP contribution is 2.41. The second-order valence-corrected chi connectivity index (χ2v) is 9.34. The molecule has 0 bridgehead atoms. The summed E-state index contributed by atoms with van der Waals surface area (Å²) in [5, 5.41) is 21.5. The van der Waals surface area contributed by atoms with Crippen LogP contribution in [0.25, 0.3) is 0 Å². The molecule has 2 amide bonds. The van der Waals surface area contributed by atoms with Gasteiger partial charge < -0.3 is 15.1 Å². The number of nitrogens with zero attached hydrogens (tertiary/aromatic N) is 2. The number of furan rings is 1. The van der Waals surface area contributed by atoms with E-state index in [1.54, 1.807) is 30.6 Å². The van der Waals surface area contributed by atoms with E-state index in [2.05, 4.69) is 27.0 Å². The summed E-state index contributed by atoms with van der Waals surface area (Å²) in [6.07, 6.45) is 3.10. The van der Waals surface area contributed by atoms with Gasteiger partial charge in [0.05, 0.1) is 40.2 Å². The quantitative estimate of drug-likeness (QED) is 0.436. The molecule has 1 atom stereocenters. The van der Waals surface area contributed by atoms with Crippen LogP contribution in [0.5, 0.6) is 0 Å². The summed E-state index contributed by atoms with van der Waals surface area (Å²) in [6.45, 7) is 3.73. The van der Waals surface area contributed by atoms with Gasteiger partial charge in [0, 0.05) is 23.0 Å². The van der Waals surface area contributed by atoms with Crippen molar-refractivity contribution in [2.24, 2.45) is 0 Å². The fourth-order valence-electron chi connectivity index (χ4n) is 3.49. The molecule has 0 aliphatic carbocycles. The van der Waals surface area contributed by atoms with E-state index in [4.69, 9.17) is 4.42 Å². The number of allylic oxidation sites excluding steroid dienone is 2. The largest absolute Gasteiger partial charge is 0.468 e. The third kappa shape index (κ3) is 5.22. The van der Waals surface area contributed by atoms with Crippen molar-refractivity contribution < 1.29 is 14.0 Å². The third-order valence-corrected chi connectivity index (χ3v) is 6.76. The molecule has 0 spiro atoms. The summed E-state index contributed by atoms with van der Waals surface area (Å²) in [7, 11) is 0. The molecule has 1 aliphatic heterocycles. The molecule has 3 heterocycles. The summed E-state index contributed by atoms with van der Waals surface area (Å²) in [5.41, 5.74) is 3.03. The van der Waals surface area contributed by atoms with Gasteiger partial charge in [-0.3, -0.25) is 14.9 Å². The van der Waals surface area contributed by atoms with Crippen LogP contribution in [0.15, 0.2) is 80.5 Å². The number of rotatable bonds is 7. The first-order valence-electron chi connectivity index (χ1n) is 10.3. The highest BCUT2D eigenvalue weighted by atomic mass is 32.2. The van der Waals surface area contributed by atoms with Crippen molar-refractivity contribution in [3.8, 4) is 6.07 Å². The molecule has 10 heteroatoms. The molecular weight excluding hydrogens is 470 g/mol. The topological polar surface area (TPSA) is 120 Å². The first-order chi connectivity index (χ1) is 16.5. The summed E-state index contributed by atoms with van der Waals surface area (Å²) in [6, 6.07) is 13.2. The molecule has 0 fully saturated rings. The van der Waals surface area contributed by atoms with Crippen LogP contribution in [0.4, 0.5) is 10.8 Å². The van der Waals surface area contributed by atoms with Gasteiger partial charge in [0.2, 0.25) is 5.91 Å². The van der Waals surface area contributed by atoms with Gasteiger partial charge in [-0.05, 0) is 38.1 Å². The van der Waals surface area contributed by atoms with E-state index in [0.717, 1.165) is 5.56 Å². The van der Waals surface area contributed by atoms with Crippen molar-refractivity contribution in [1.82, 2.24) is 10.3 Å². The predicted molar refractivity (Wildman–Crippen MR) is 133 cm³/mol. The van der Waals surface area contributed by atoms with E-state index < -0.39 is 5.92 Å². The smallest absolute Gasteiger partial charge is 0.256 e. The molecule has 3 N–H and O–H groups in total. The zero-order valence-corrected chi connectivity index (χ0v) is 20.0. The zero-order chi connectivity index (χ0) is 24.1. The molecule has 0 saturated heterocycles. The number of amides is 2. The minimum Gasteiger partial charge on any atom is -0.468 e. The standard InChI is InChI=1S/C24H21N5O3S2/c1-14-5-7-16(8-6-14)28-19(30)13-34-23-17(12-25)21(18-4-3-10-32-18)20(15(2)27-23)22(31)29-24-26-9-11-33-24/h3-11,21,27H,13H2,1-2H3,(H,28,30)(H,26,29,31)/t21-/m0/s1. The van der Waals surface area contributed by atoms with Gasteiger partial charge in [-0.1, -0.05) is 29.5 Å². The van der Waals surface area contributed by atoms with Gasteiger partial charge >= 0.3 is 0 Å². The maximum atomic E-state index is 13.2. The number of benzene rings is 1. The lowest BCUT2D eigenvalue weighted by Crippen LogP contribution is -2.31. The molecule has 1 aliphatic rings. The highest BCUT2D eigenvalue weighted by molar-refractivity contribution is 8.03. The maximum Gasteiger partial charge on any atom is 0.256 e. The van der Waals surface area contributed by atoms with E-state index in [1.165, 1.54) is 29.4 Å². The maximum absolute atomic E-state index is 13.2. The number of nitriles is 1. The fourth-order valence-corrected chi connectivity index (χ4v) is 4.90. The van der Waals surface area contributed by atoms with Crippen LogP contribution >= 0.6 is 23.1 Å². The summed E-state index contributed by atoms with van der Waals surface area (Å²) in [4.78, 5) is 29.8. The Labute approximate surface area is 204 Å². The van der Waals surface area contributed by atoms with Crippen LogP contribution in [-0.4, -0.2) is 22.6 Å². The Morgan fingerprint density at radius 1 is 1.24 bits per heavy atom. The van der Waals surface area contributed by atoms with Gasteiger partial charge in [-0.2, -0.15) is 5.26 Å². The lowest BCUT2D eigenvalue weighted by Gasteiger charge is -2.28. The molecule has 0 radical (unpaired) electrons. The fraction of sp³-hybridized carbons (Fsp3) is 0.167. The van der Waals surface area contributed by atoms with Crippen molar-refractivity contribution in [3.63, 3.8) is 0 Å². The molecule has 0 unspecified atom stereocenters. The average Bonchev–Trinajstić information content (AvgIpc) is 3.53. The van der Waals surface area contributed by atoms with E-state index in [0.29, 0.717) is 38.5 Å². The number of nitrogens with one attached hydrogen (secondary N) is 3. The Kier molecular flexibility index (Phi) is 7.15. The number of hydrogen-bond acceptors (Lipinski definition) is 8. The number of carbonyl (C=O) groups is 2. The summed E-state index contributed by atoms with van der Waals surface area (Å²) >= 11 is 2.50. The molecule has 2 aromatic heterocycles. The van der Waals surface area contributed by atoms with Crippen LogP contribution in [0, 0.1) is 18.3 Å². The minimum atomic E-state index is -0.719. The van der Waals surface area contributed by atoms with Crippen LogP contribution in [0.2, 0.25) is 0 Å². The Bertz CT molecular complexity index is 1290. The second kappa shape index (κ2) is 10.4. The Hall–Kier alpha value is -3.81. The van der Waals surface area contributed by atoms with Crippen LogP contribution in [-0.2, 0) is 9.59 Å². The molecule has 4 rings (SSSR count). The number of anilines is 2. The number of aryl methyl sites for hydroxylation is 1. The molecular formula is C24H21N5O3S2. The summed E-state index contributed by atoms with van der Waals surface area (Å²) < 4.78 is 5.60. The molecule has 0 saturated carbocycles. The van der Waals surface area contributed by atoms with E-state index in [1.807, 2.05) is 31.2 Å². The number of dihydropyridines is 1. The van der Waals surface area contributed by atoms with Gasteiger partial charge in [0.15, 0.2) is 5.13 Å². The number of carbonyl (C=O) groups excluding carboxylic acids is 2. The Balaban J connectivity index is 1.56. The molecule has 8 nitrogen and oxygen atoms in total. The first kappa shape index (κ1) is 23.4. The molecule has 34 heavy (non-hydrogen) atoms. The average molecular weight is 492 g/mol. The van der Waals surface area contributed by atoms with Crippen molar-refractivity contribution in [2.45, 2.75) is 19.8 Å². The van der Waals surface area contributed by atoms with E-state index in [9.17, 15) is 14.9 Å². The van der Waals surface area contributed by atoms with Gasteiger partial charge in [0.25, 0.3) is 5.91 Å². The highest BCUT2D eigenvalue weighted by Gasteiger charge is 2.36. The van der Waals surface area contributed by atoms with Crippen LogP contribution in [0.3, 0.4) is 0 Å². The SMILES string of the molecule is CC1=C(C(=O)Nc2nccs2)[C@H](c2ccco2)C(C#N)=C(SCC(=O)Nc2ccc(C)cc2)N1. The van der Waals surface area contributed by atoms with E-state index >= 15 is 0 Å². The van der Waals surface area contributed by atoms with Crippen LogP contribution in [0.1, 0.15) is 24.2 Å². The zero-order valence-electron chi connectivity index (χ0n) is 18.4. The minimum absolute atomic E-state index is 0.0835. The third-order valence-electron chi connectivity index (χ3n) is 5.06. The van der Waals surface area contributed by atoms with Crippen molar-refractivity contribution in [2.75, 3.05) is 16.4 Å². The molecule has 172 valence electrons. The monoisotopic (exact) mass is 491 g/mol. The number of thiazole rings is 1. The first-order valence-corrected chi connectivity index (χ1v) is 12.2. The van der Waals surface area contributed by atoms with Crippen molar-refractivity contribution in [3.05, 3.63) is 87.4 Å². The van der Waals surface area contributed by atoms with Gasteiger partial charge in [-0.15, -0.1) is 11.3 Å². The van der Waals surface area contributed by atoms with Crippen molar-refractivity contribution >= 4 is 45.7 Å². The Morgan fingerprint density at radius 2 is 2.03 bits per heavy atom. The Morgan fingerprint density at radius 3 is 2.68 bits per heavy atom.